The van der Waals surface area contributed by atoms with E-state index in [4.69, 9.17) is 4.74 Å². The standard InChI is InChI=1S/C17H17F2NO/c1-21-16-7-6-12(8-15(16)19)9-17(10-20-11-17)13-4-2-3-5-14(13)18/h2-8,20H,9-11H2,1H3. The van der Waals surface area contributed by atoms with Gasteiger partial charge in [0.2, 0.25) is 0 Å². The number of ether oxygens (including phenoxy) is 1. The fourth-order valence-electron chi connectivity index (χ4n) is 2.94. The van der Waals surface area contributed by atoms with E-state index < -0.39 is 0 Å². The SMILES string of the molecule is COc1ccc(CC2(c3ccccc3F)CNC2)cc1F. The van der Waals surface area contributed by atoms with E-state index in [0.717, 1.165) is 5.56 Å². The van der Waals surface area contributed by atoms with Gasteiger partial charge in [0.1, 0.15) is 5.82 Å². The Labute approximate surface area is 122 Å². The molecule has 21 heavy (non-hydrogen) atoms. The van der Waals surface area contributed by atoms with E-state index in [0.29, 0.717) is 25.1 Å². The Kier molecular flexibility index (Phi) is 3.64. The predicted octanol–water partition coefficient (Wildman–Crippen LogP) is 3.06. The Bertz CT molecular complexity index is 653. The van der Waals surface area contributed by atoms with Gasteiger partial charge in [0.25, 0.3) is 0 Å². The maximum Gasteiger partial charge on any atom is 0.165 e. The molecule has 2 aromatic rings. The van der Waals surface area contributed by atoms with E-state index in [1.54, 1.807) is 12.1 Å². The van der Waals surface area contributed by atoms with Crippen LogP contribution in [-0.2, 0) is 11.8 Å². The van der Waals surface area contributed by atoms with Crippen molar-refractivity contribution in [2.24, 2.45) is 0 Å². The second kappa shape index (κ2) is 5.45. The third-order valence-electron chi connectivity index (χ3n) is 4.13. The summed E-state index contributed by atoms with van der Waals surface area (Å²) in [6.07, 6.45) is 0.599. The average molecular weight is 289 g/mol. The first-order valence-corrected chi connectivity index (χ1v) is 6.93. The molecule has 4 heteroatoms. The number of hydrogen-bond acceptors (Lipinski definition) is 2. The zero-order valence-electron chi connectivity index (χ0n) is 11.8. The first kappa shape index (κ1) is 14.0. The van der Waals surface area contributed by atoms with Crippen molar-refractivity contribution in [3.8, 4) is 5.75 Å². The largest absolute Gasteiger partial charge is 0.494 e. The molecular formula is C17H17F2NO. The van der Waals surface area contributed by atoms with Crippen LogP contribution < -0.4 is 10.1 Å². The molecule has 0 amide bonds. The summed E-state index contributed by atoms with van der Waals surface area (Å²) in [5.74, 6) is -0.357. The third kappa shape index (κ3) is 2.51. The minimum Gasteiger partial charge on any atom is -0.494 e. The average Bonchev–Trinajstić information content (AvgIpc) is 2.44. The minimum atomic E-state index is -0.383. The quantitative estimate of drug-likeness (QED) is 0.934. The number of halogens is 2. The van der Waals surface area contributed by atoms with Crippen molar-refractivity contribution in [3.05, 3.63) is 65.2 Å². The smallest absolute Gasteiger partial charge is 0.165 e. The van der Waals surface area contributed by atoms with Crippen molar-refractivity contribution >= 4 is 0 Å². The first-order chi connectivity index (χ1) is 10.1. The van der Waals surface area contributed by atoms with Crippen molar-refractivity contribution in [2.75, 3.05) is 20.2 Å². The predicted molar refractivity (Wildman–Crippen MR) is 77.6 cm³/mol. The summed E-state index contributed by atoms with van der Waals surface area (Å²) in [6, 6.07) is 11.7. The summed E-state index contributed by atoms with van der Waals surface area (Å²) in [6.45, 7) is 1.39. The maximum absolute atomic E-state index is 14.1. The molecule has 1 heterocycles. The van der Waals surface area contributed by atoms with Crippen molar-refractivity contribution in [3.63, 3.8) is 0 Å². The highest BCUT2D eigenvalue weighted by Crippen LogP contribution is 2.34. The van der Waals surface area contributed by atoms with Gasteiger partial charge in [-0.3, -0.25) is 0 Å². The highest BCUT2D eigenvalue weighted by atomic mass is 19.1. The van der Waals surface area contributed by atoms with Crippen LogP contribution in [0.5, 0.6) is 5.75 Å². The number of nitrogens with one attached hydrogen (secondary N) is 1. The molecule has 1 aliphatic rings. The van der Waals surface area contributed by atoms with Crippen LogP contribution in [0.25, 0.3) is 0 Å². The summed E-state index contributed by atoms with van der Waals surface area (Å²) in [5.41, 5.74) is 1.24. The maximum atomic E-state index is 14.1. The van der Waals surface area contributed by atoms with Crippen molar-refractivity contribution in [2.45, 2.75) is 11.8 Å². The molecule has 1 saturated heterocycles. The second-order valence-electron chi connectivity index (χ2n) is 5.51. The Morgan fingerprint density at radius 3 is 2.43 bits per heavy atom. The zero-order valence-corrected chi connectivity index (χ0v) is 11.8. The summed E-state index contributed by atoms with van der Waals surface area (Å²) in [5, 5.41) is 3.20. The molecule has 1 fully saturated rings. The number of rotatable bonds is 4. The Morgan fingerprint density at radius 1 is 1.10 bits per heavy atom. The molecule has 0 radical (unpaired) electrons. The molecule has 2 aromatic carbocycles. The lowest BCUT2D eigenvalue weighted by molar-refractivity contribution is 0.265. The molecule has 3 rings (SSSR count). The van der Waals surface area contributed by atoms with Crippen molar-refractivity contribution in [1.29, 1.82) is 0 Å². The molecule has 0 aromatic heterocycles. The van der Waals surface area contributed by atoms with Gasteiger partial charge in [-0.2, -0.15) is 0 Å². The second-order valence-corrected chi connectivity index (χ2v) is 5.51. The molecule has 0 unspecified atom stereocenters. The van der Waals surface area contributed by atoms with E-state index in [9.17, 15) is 8.78 Å². The van der Waals surface area contributed by atoms with Gasteiger partial charge in [0.15, 0.2) is 11.6 Å². The summed E-state index contributed by atoms with van der Waals surface area (Å²) in [7, 11) is 1.44. The van der Waals surface area contributed by atoms with Gasteiger partial charge < -0.3 is 10.1 Å². The van der Waals surface area contributed by atoms with Gasteiger partial charge in [-0.15, -0.1) is 0 Å². The summed E-state index contributed by atoms with van der Waals surface area (Å²) < 4.78 is 32.8. The number of hydrogen-bond donors (Lipinski definition) is 1. The first-order valence-electron chi connectivity index (χ1n) is 6.93. The molecular weight excluding hydrogens is 272 g/mol. The lowest BCUT2D eigenvalue weighted by atomic mass is 9.71. The van der Waals surface area contributed by atoms with Crippen LogP contribution in [-0.4, -0.2) is 20.2 Å². The zero-order chi connectivity index (χ0) is 14.9. The molecule has 0 saturated carbocycles. The van der Waals surface area contributed by atoms with E-state index in [2.05, 4.69) is 5.32 Å². The van der Waals surface area contributed by atoms with Crippen LogP contribution in [0.1, 0.15) is 11.1 Å². The van der Waals surface area contributed by atoms with Gasteiger partial charge in [-0.25, -0.2) is 8.78 Å². The fraction of sp³-hybridized carbons (Fsp3) is 0.294. The minimum absolute atomic E-state index is 0.201. The fourth-order valence-corrected chi connectivity index (χ4v) is 2.94. The Balaban J connectivity index is 1.91. The van der Waals surface area contributed by atoms with Crippen LogP contribution in [0, 0.1) is 11.6 Å². The van der Waals surface area contributed by atoms with Gasteiger partial charge in [0.05, 0.1) is 7.11 Å². The highest BCUT2D eigenvalue weighted by Gasteiger charge is 2.40. The van der Waals surface area contributed by atoms with Crippen molar-refractivity contribution < 1.29 is 13.5 Å². The topological polar surface area (TPSA) is 21.3 Å². The third-order valence-corrected chi connectivity index (χ3v) is 4.13. The summed E-state index contributed by atoms with van der Waals surface area (Å²) >= 11 is 0. The van der Waals surface area contributed by atoms with Crippen LogP contribution in [0.2, 0.25) is 0 Å². The van der Waals surface area contributed by atoms with Crippen LogP contribution in [0.3, 0.4) is 0 Å². The van der Waals surface area contributed by atoms with Gasteiger partial charge in [-0.1, -0.05) is 24.3 Å². The molecule has 110 valence electrons. The molecule has 0 bridgehead atoms. The van der Waals surface area contributed by atoms with Gasteiger partial charge in [-0.05, 0) is 35.7 Å². The normalized spacial score (nSPS) is 16.3. The summed E-state index contributed by atoms with van der Waals surface area (Å²) in [4.78, 5) is 0. The van der Waals surface area contributed by atoms with Crippen molar-refractivity contribution in [1.82, 2.24) is 5.32 Å². The molecule has 0 spiro atoms. The van der Waals surface area contributed by atoms with Gasteiger partial charge >= 0.3 is 0 Å². The molecule has 0 aliphatic carbocycles. The lowest BCUT2D eigenvalue weighted by Crippen LogP contribution is -2.58. The lowest BCUT2D eigenvalue weighted by Gasteiger charge is -2.43. The number of methoxy groups -OCH3 is 1. The van der Waals surface area contributed by atoms with E-state index in [1.165, 1.54) is 19.2 Å². The molecule has 1 N–H and O–H groups in total. The van der Waals surface area contributed by atoms with Crippen LogP contribution >= 0.6 is 0 Å². The van der Waals surface area contributed by atoms with E-state index in [1.807, 2.05) is 18.2 Å². The highest BCUT2D eigenvalue weighted by molar-refractivity contribution is 5.36. The monoisotopic (exact) mass is 289 g/mol. The Morgan fingerprint density at radius 2 is 1.86 bits per heavy atom. The van der Waals surface area contributed by atoms with E-state index >= 15 is 0 Å². The van der Waals surface area contributed by atoms with Crippen LogP contribution in [0.4, 0.5) is 8.78 Å². The molecule has 1 aliphatic heterocycles. The van der Waals surface area contributed by atoms with E-state index in [-0.39, 0.29) is 22.8 Å². The van der Waals surface area contributed by atoms with Crippen LogP contribution in [0.15, 0.2) is 42.5 Å². The number of benzene rings is 2. The Hall–Kier alpha value is -1.94. The molecule has 0 atom stereocenters. The molecule has 2 nitrogen and oxygen atoms in total. The van der Waals surface area contributed by atoms with Gasteiger partial charge in [0, 0.05) is 18.5 Å².